The molecule has 1 atom stereocenters. The number of benzene rings is 1. The zero-order valence-electron chi connectivity index (χ0n) is 11.5. The molecule has 2 rings (SSSR count). The summed E-state index contributed by atoms with van der Waals surface area (Å²) in [5.74, 6) is 1.49. The molecule has 7 heteroatoms. The third kappa shape index (κ3) is 3.32. The smallest absolute Gasteiger partial charge is 0.243 e. The molecular formula is C13H18BrNO3S2. The fraction of sp³-hybridized carbons (Fsp3) is 0.538. The number of thioether (sulfide) groups is 1. The highest BCUT2D eigenvalue weighted by Crippen LogP contribution is 2.31. The zero-order chi connectivity index (χ0) is 14.8. The van der Waals surface area contributed by atoms with Gasteiger partial charge in [-0.1, -0.05) is 6.92 Å². The Labute approximate surface area is 133 Å². The molecule has 0 bridgehead atoms. The number of hydrogen-bond donors (Lipinski definition) is 0. The van der Waals surface area contributed by atoms with Gasteiger partial charge in [0.1, 0.15) is 5.75 Å². The Morgan fingerprint density at radius 3 is 2.85 bits per heavy atom. The molecule has 0 radical (unpaired) electrons. The van der Waals surface area contributed by atoms with E-state index in [2.05, 4.69) is 22.9 Å². The second kappa shape index (κ2) is 6.68. The van der Waals surface area contributed by atoms with Crippen molar-refractivity contribution < 1.29 is 13.2 Å². The molecule has 0 aromatic heterocycles. The Kier molecular flexibility index (Phi) is 5.39. The Bertz CT molecular complexity index is 577. The molecule has 1 aromatic rings. The van der Waals surface area contributed by atoms with Crippen molar-refractivity contribution in [2.45, 2.75) is 23.5 Å². The van der Waals surface area contributed by atoms with Crippen molar-refractivity contribution in [3.8, 4) is 5.75 Å². The molecule has 1 unspecified atom stereocenters. The summed E-state index contributed by atoms with van der Waals surface area (Å²) in [5, 5.41) is 0.389. The fourth-order valence-corrected chi connectivity index (χ4v) is 5.71. The molecule has 0 saturated carbocycles. The zero-order valence-corrected chi connectivity index (χ0v) is 14.7. The van der Waals surface area contributed by atoms with Crippen LogP contribution in [0.15, 0.2) is 27.6 Å². The highest BCUT2D eigenvalue weighted by atomic mass is 79.9. The van der Waals surface area contributed by atoms with Crippen LogP contribution in [0.4, 0.5) is 0 Å². The molecule has 4 nitrogen and oxygen atoms in total. The second-order valence-corrected chi connectivity index (χ2v) is 8.76. The predicted molar refractivity (Wildman–Crippen MR) is 86.0 cm³/mol. The van der Waals surface area contributed by atoms with E-state index < -0.39 is 10.0 Å². The summed E-state index contributed by atoms with van der Waals surface area (Å²) < 4.78 is 32.7. The molecule has 0 amide bonds. The van der Waals surface area contributed by atoms with Gasteiger partial charge in [0.05, 0.1) is 16.5 Å². The molecule has 0 aliphatic carbocycles. The van der Waals surface area contributed by atoms with Crippen LogP contribution in [0.3, 0.4) is 0 Å². The standard InChI is InChI=1S/C13H18BrNO3S2/c1-3-10-9-15(6-7-19-10)20(16,17)11-4-5-13(18-2)12(14)8-11/h4-5,8,10H,3,6-7,9H2,1-2H3. The van der Waals surface area contributed by atoms with E-state index in [1.807, 2.05) is 11.8 Å². The van der Waals surface area contributed by atoms with Gasteiger partial charge in [0.25, 0.3) is 0 Å². The van der Waals surface area contributed by atoms with Crippen LogP contribution >= 0.6 is 27.7 Å². The molecule has 0 N–H and O–H groups in total. The largest absolute Gasteiger partial charge is 0.496 e. The number of rotatable bonds is 4. The fourth-order valence-electron chi connectivity index (χ4n) is 2.11. The van der Waals surface area contributed by atoms with Crippen LogP contribution in [0.25, 0.3) is 0 Å². The van der Waals surface area contributed by atoms with Gasteiger partial charge in [-0.05, 0) is 40.5 Å². The van der Waals surface area contributed by atoms with Crippen LogP contribution in [0.1, 0.15) is 13.3 Å². The van der Waals surface area contributed by atoms with E-state index in [1.165, 1.54) is 0 Å². The van der Waals surface area contributed by atoms with Crippen LogP contribution in [0.5, 0.6) is 5.75 Å². The third-order valence-corrected chi connectivity index (χ3v) is 7.17. The maximum atomic E-state index is 12.7. The first-order chi connectivity index (χ1) is 9.48. The lowest BCUT2D eigenvalue weighted by Crippen LogP contribution is -2.41. The molecular weight excluding hydrogens is 362 g/mol. The quantitative estimate of drug-likeness (QED) is 0.806. The van der Waals surface area contributed by atoms with Gasteiger partial charge in [-0.15, -0.1) is 0 Å². The maximum absolute atomic E-state index is 12.7. The molecule has 1 saturated heterocycles. The topological polar surface area (TPSA) is 46.6 Å². The van der Waals surface area contributed by atoms with E-state index in [1.54, 1.807) is 29.6 Å². The summed E-state index contributed by atoms with van der Waals surface area (Å²) in [6, 6.07) is 4.88. The van der Waals surface area contributed by atoms with Crippen LogP contribution in [0.2, 0.25) is 0 Å². The van der Waals surface area contributed by atoms with Crippen molar-refractivity contribution in [3.05, 3.63) is 22.7 Å². The van der Waals surface area contributed by atoms with Crippen molar-refractivity contribution in [2.75, 3.05) is 26.0 Å². The van der Waals surface area contributed by atoms with E-state index >= 15 is 0 Å². The Morgan fingerprint density at radius 2 is 2.25 bits per heavy atom. The van der Waals surface area contributed by atoms with Gasteiger partial charge >= 0.3 is 0 Å². The Balaban J connectivity index is 2.28. The monoisotopic (exact) mass is 379 g/mol. The van der Waals surface area contributed by atoms with Crippen LogP contribution in [-0.2, 0) is 10.0 Å². The number of methoxy groups -OCH3 is 1. The van der Waals surface area contributed by atoms with E-state index in [0.717, 1.165) is 12.2 Å². The first kappa shape index (κ1) is 16.1. The summed E-state index contributed by atoms with van der Waals surface area (Å²) in [7, 11) is -1.86. The molecule has 1 heterocycles. The van der Waals surface area contributed by atoms with Gasteiger partial charge in [0, 0.05) is 24.1 Å². The average Bonchev–Trinajstić information content (AvgIpc) is 2.47. The minimum absolute atomic E-state index is 0.312. The van der Waals surface area contributed by atoms with Crippen molar-refractivity contribution in [1.82, 2.24) is 4.31 Å². The number of ether oxygens (including phenoxy) is 1. The molecule has 1 aliphatic rings. The average molecular weight is 380 g/mol. The van der Waals surface area contributed by atoms with E-state index in [0.29, 0.717) is 33.5 Å². The summed E-state index contributed by atoms with van der Waals surface area (Å²) in [6.07, 6.45) is 0.989. The van der Waals surface area contributed by atoms with Gasteiger partial charge < -0.3 is 4.74 Å². The van der Waals surface area contributed by atoms with E-state index in [4.69, 9.17) is 4.74 Å². The normalized spacial score (nSPS) is 20.9. The summed E-state index contributed by atoms with van der Waals surface area (Å²) in [6.45, 7) is 3.26. The second-order valence-electron chi connectivity index (χ2n) is 4.56. The lowest BCUT2D eigenvalue weighted by atomic mass is 10.3. The number of hydrogen-bond acceptors (Lipinski definition) is 4. The SMILES string of the molecule is CCC1CN(S(=O)(=O)c2ccc(OC)c(Br)c2)CCS1. The Hall–Kier alpha value is -0.240. The van der Waals surface area contributed by atoms with Gasteiger partial charge in [-0.3, -0.25) is 0 Å². The number of nitrogens with zero attached hydrogens (tertiary/aromatic N) is 1. The molecule has 1 aliphatic heterocycles. The number of halogens is 1. The lowest BCUT2D eigenvalue weighted by Gasteiger charge is -2.31. The van der Waals surface area contributed by atoms with E-state index in [-0.39, 0.29) is 0 Å². The summed E-state index contributed by atoms with van der Waals surface area (Å²) in [5.41, 5.74) is 0. The predicted octanol–water partition coefficient (Wildman–Crippen LogP) is 2.97. The highest BCUT2D eigenvalue weighted by molar-refractivity contribution is 9.10. The van der Waals surface area contributed by atoms with Gasteiger partial charge in [-0.2, -0.15) is 16.1 Å². The molecule has 1 aromatic carbocycles. The molecule has 1 fully saturated rings. The van der Waals surface area contributed by atoms with Gasteiger partial charge in [-0.25, -0.2) is 8.42 Å². The minimum atomic E-state index is -3.42. The number of sulfonamides is 1. The van der Waals surface area contributed by atoms with Crippen LogP contribution in [-0.4, -0.2) is 43.9 Å². The summed E-state index contributed by atoms with van der Waals surface area (Å²) in [4.78, 5) is 0.312. The summed E-state index contributed by atoms with van der Waals surface area (Å²) >= 11 is 5.19. The Morgan fingerprint density at radius 1 is 1.50 bits per heavy atom. The minimum Gasteiger partial charge on any atom is -0.496 e. The van der Waals surface area contributed by atoms with Crippen LogP contribution in [0, 0.1) is 0 Å². The molecule has 0 spiro atoms. The van der Waals surface area contributed by atoms with Crippen molar-refractivity contribution >= 4 is 37.7 Å². The van der Waals surface area contributed by atoms with Crippen LogP contribution < -0.4 is 4.74 Å². The maximum Gasteiger partial charge on any atom is 0.243 e. The molecule has 20 heavy (non-hydrogen) atoms. The van der Waals surface area contributed by atoms with Crippen molar-refractivity contribution in [1.29, 1.82) is 0 Å². The molecule has 112 valence electrons. The third-order valence-electron chi connectivity index (χ3n) is 3.32. The van der Waals surface area contributed by atoms with Gasteiger partial charge in [0.2, 0.25) is 10.0 Å². The lowest BCUT2D eigenvalue weighted by molar-refractivity contribution is 0.409. The van der Waals surface area contributed by atoms with Crippen molar-refractivity contribution in [2.24, 2.45) is 0 Å². The first-order valence-electron chi connectivity index (χ1n) is 6.44. The highest BCUT2D eigenvalue weighted by Gasteiger charge is 2.30. The van der Waals surface area contributed by atoms with Crippen molar-refractivity contribution in [3.63, 3.8) is 0 Å². The van der Waals surface area contributed by atoms with E-state index in [9.17, 15) is 8.42 Å². The first-order valence-corrected chi connectivity index (χ1v) is 9.72. The van der Waals surface area contributed by atoms with Gasteiger partial charge in [0.15, 0.2) is 0 Å².